The molecule has 33 heavy (non-hydrogen) atoms. The van der Waals surface area contributed by atoms with Crippen molar-refractivity contribution in [3.05, 3.63) is 86.2 Å². The number of ether oxygens (including phenoxy) is 3. The van der Waals surface area contributed by atoms with Gasteiger partial charge in [-0.15, -0.1) is 0 Å². The monoisotopic (exact) mass is 449 g/mol. The van der Waals surface area contributed by atoms with Crippen molar-refractivity contribution in [2.24, 2.45) is 0 Å². The first-order valence-electron chi connectivity index (χ1n) is 10.6. The molecule has 0 unspecified atom stereocenters. The summed E-state index contributed by atoms with van der Waals surface area (Å²) in [7, 11) is 3.00. The number of benzene rings is 3. The number of fused-ring (bicyclic) bond motifs is 1. The van der Waals surface area contributed by atoms with Crippen molar-refractivity contribution < 1.29 is 23.5 Å². The van der Waals surface area contributed by atoms with Crippen LogP contribution < -0.4 is 14.2 Å². The van der Waals surface area contributed by atoms with Crippen LogP contribution in [0.1, 0.15) is 34.2 Å². The number of hydrogen-bond acceptors (Lipinski definition) is 5. The van der Waals surface area contributed by atoms with Gasteiger partial charge in [0, 0.05) is 22.8 Å². The Bertz CT molecular complexity index is 1250. The fourth-order valence-electron chi connectivity index (χ4n) is 4.17. The second-order valence-electron chi connectivity index (χ2n) is 7.84. The Kier molecular flexibility index (Phi) is 6.31. The van der Waals surface area contributed by atoms with E-state index >= 15 is 0 Å². The van der Waals surface area contributed by atoms with Crippen LogP contribution in [0, 0.1) is 22.9 Å². The van der Waals surface area contributed by atoms with Gasteiger partial charge in [0.2, 0.25) is 0 Å². The fraction of sp³-hybridized carbons (Fsp3) is 0.231. The molecule has 3 aromatic carbocycles. The zero-order valence-corrected chi connectivity index (χ0v) is 18.7. The van der Waals surface area contributed by atoms with E-state index in [0.717, 1.165) is 35.1 Å². The highest BCUT2D eigenvalue weighted by Gasteiger charge is 2.27. The van der Waals surface area contributed by atoms with E-state index in [4.69, 9.17) is 14.2 Å². The summed E-state index contributed by atoms with van der Waals surface area (Å²) >= 11 is 0. The third-order valence-corrected chi connectivity index (χ3v) is 5.76. The van der Waals surface area contributed by atoms with Gasteiger partial charge in [-0.1, -0.05) is 18.2 Å². The van der Waals surface area contributed by atoms with Gasteiger partial charge >= 0.3 is 0 Å². The lowest BCUT2D eigenvalue weighted by atomic mass is 10.0. The molecule has 3 aromatic rings. The molecule has 0 radical (unpaired) electrons. The van der Waals surface area contributed by atoms with Crippen molar-refractivity contribution in [1.82, 2.24) is 0 Å². The van der Waals surface area contributed by atoms with Crippen LogP contribution in [0.25, 0.3) is 12.2 Å². The molecule has 7 heteroatoms. The first-order valence-corrected chi connectivity index (χ1v) is 10.6. The lowest BCUT2D eigenvalue weighted by molar-refractivity contribution is -0.385. The van der Waals surface area contributed by atoms with Crippen molar-refractivity contribution in [2.45, 2.75) is 26.2 Å². The summed E-state index contributed by atoms with van der Waals surface area (Å²) in [4.78, 5) is 11.1. The molecule has 0 heterocycles. The number of methoxy groups -OCH3 is 2. The Morgan fingerprint density at radius 1 is 0.970 bits per heavy atom. The van der Waals surface area contributed by atoms with Gasteiger partial charge in [-0.05, 0) is 67.6 Å². The van der Waals surface area contributed by atoms with E-state index in [1.165, 1.54) is 13.2 Å². The Labute approximate surface area is 191 Å². The summed E-state index contributed by atoms with van der Waals surface area (Å²) in [6.07, 6.45) is 5.89. The average Bonchev–Trinajstić information content (AvgIpc) is 3.29. The third-order valence-electron chi connectivity index (χ3n) is 5.76. The van der Waals surface area contributed by atoms with Gasteiger partial charge in [0.25, 0.3) is 5.69 Å². The molecule has 4 rings (SSSR count). The number of hydrogen-bond donors (Lipinski definition) is 0. The third kappa shape index (κ3) is 4.53. The van der Waals surface area contributed by atoms with Crippen LogP contribution in [0.5, 0.6) is 23.0 Å². The summed E-state index contributed by atoms with van der Waals surface area (Å²) in [6, 6.07) is 11.7. The molecular formula is C26H24FNO5. The van der Waals surface area contributed by atoms with Crippen LogP contribution in [-0.2, 0) is 12.8 Å². The van der Waals surface area contributed by atoms with Gasteiger partial charge < -0.3 is 14.2 Å². The van der Waals surface area contributed by atoms with Crippen molar-refractivity contribution >= 4 is 17.8 Å². The van der Waals surface area contributed by atoms with E-state index < -0.39 is 5.82 Å². The van der Waals surface area contributed by atoms with Gasteiger partial charge in [0.1, 0.15) is 17.2 Å². The lowest BCUT2D eigenvalue weighted by Gasteiger charge is -2.15. The van der Waals surface area contributed by atoms with Crippen LogP contribution in [0.3, 0.4) is 0 Å². The summed E-state index contributed by atoms with van der Waals surface area (Å²) in [6.45, 7) is 1.82. The molecule has 0 aromatic heterocycles. The molecule has 1 aliphatic carbocycles. The number of nitro groups is 1. The average molecular weight is 449 g/mol. The molecule has 0 bridgehead atoms. The molecule has 0 N–H and O–H groups in total. The molecule has 0 aliphatic heterocycles. The van der Waals surface area contributed by atoms with Crippen molar-refractivity contribution in [3.8, 4) is 23.0 Å². The molecule has 170 valence electrons. The van der Waals surface area contributed by atoms with Crippen LogP contribution in [0.15, 0.2) is 42.5 Å². The summed E-state index contributed by atoms with van der Waals surface area (Å²) in [5.41, 5.74) is 3.98. The Morgan fingerprint density at radius 2 is 1.70 bits per heavy atom. The molecule has 1 aliphatic rings. The topological polar surface area (TPSA) is 70.8 Å². The molecular weight excluding hydrogens is 425 g/mol. The number of nitrogens with zero attached hydrogens (tertiary/aromatic N) is 1. The van der Waals surface area contributed by atoms with E-state index in [2.05, 4.69) is 0 Å². The summed E-state index contributed by atoms with van der Waals surface area (Å²) in [5, 5.41) is 11.5. The molecule has 0 fully saturated rings. The second-order valence-corrected chi connectivity index (χ2v) is 7.84. The van der Waals surface area contributed by atoms with E-state index in [9.17, 15) is 14.5 Å². The predicted molar refractivity (Wildman–Crippen MR) is 125 cm³/mol. The highest BCUT2D eigenvalue weighted by atomic mass is 19.1. The predicted octanol–water partition coefficient (Wildman–Crippen LogP) is 6.51. The molecule has 0 atom stereocenters. The van der Waals surface area contributed by atoms with E-state index in [1.807, 2.05) is 19.1 Å². The molecule has 6 nitrogen and oxygen atoms in total. The van der Waals surface area contributed by atoms with E-state index in [1.54, 1.807) is 43.5 Å². The van der Waals surface area contributed by atoms with Gasteiger partial charge in [-0.25, -0.2) is 4.39 Å². The van der Waals surface area contributed by atoms with Crippen LogP contribution in [0.2, 0.25) is 0 Å². The standard InChI is InChI=1S/C26H24FNO5/c1-16-13-23(28(29)30)20-5-4-6-21(20)26(16)33-19-10-12-24(31-2)18(15-19)9-7-17-8-11-25(32-3)22(27)14-17/h7-15H,4-6H2,1-3H3. The van der Waals surface area contributed by atoms with Crippen LogP contribution in [0.4, 0.5) is 10.1 Å². The number of nitro benzene ring substituents is 1. The van der Waals surface area contributed by atoms with Crippen LogP contribution >= 0.6 is 0 Å². The molecule has 0 saturated heterocycles. The van der Waals surface area contributed by atoms with Crippen molar-refractivity contribution in [1.29, 1.82) is 0 Å². The maximum absolute atomic E-state index is 14.0. The Morgan fingerprint density at radius 3 is 2.39 bits per heavy atom. The zero-order chi connectivity index (χ0) is 23.5. The number of halogens is 1. The van der Waals surface area contributed by atoms with E-state index in [0.29, 0.717) is 29.2 Å². The largest absolute Gasteiger partial charge is 0.496 e. The first kappa shape index (κ1) is 22.3. The van der Waals surface area contributed by atoms with E-state index in [-0.39, 0.29) is 16.4 Å². The number of aryl methyl sites for hydroxylation is 1. The minimum atomic E-state index is -0.439. The number of rotatable bonds is 7. The van der Waals surface area contributed by atoms with Crippen molar-refractivity contribution in [3.63, 3.8) is 0 Å². The van der Waals surface area contributed by atoms with Gasteiger partial charge in [-0.2, -0.15) is 0 Å². The first-order chi connectivity index (χ1) is 15.9. The highest BCUT2D eigenvalue weighted by molar-refractivity contribution is 5.74. The van der Waals surface area contributed by atoms with Gasteiger partial charge in [-0.3, -0.25) is 10.1 Å². The molecule has 0 saturated carbocycles. The van der Waals surface area contributed by atoms with Crippen molar-refractivity contribution in [2.75, 3.05) is 14.2 Å². The van der Waals surface area contributed by atoms with Gasteiger partial charge in [0.15, 0.2) is 11.6 Å². The smallest absolute Gasteiger partial charge is 0.273 e. The normalized spacial score (nSPS) is 12.6. The molecule has 0 spiro atoms. The lowest BCUT2D eigenvalue weighted by Crippen LogP contribution is -2.00. The minimum absolute atomic E-state index is 0.164. The quantitative estimate of drug-likeness (QED) is 0.234. The second kappa shape index (κ2) is 9.32. The minimum Gasteiger partial charge on any atom is -0.496 e. The van der Waals surface area contributed by atoms with Gasteiger partial charge in [0.05, 0.1) is 19.1 Å². The summed E-state index contributed by atoms with van der Waals surface area (Å²) < 4.78 is 30.7. The maximum Gasteiger partial charge on any atom is 0.273 e. The summed E-state index contributed by atoms with van der Waals surface area (Å²) in [5.74, 6) is 1.64. The Hall–Kier alpha value is -3.87. The SMILES string of the molecule is COc1ccc(C=Cc2cc(Oc3c(C)cc([N+](=O)[O-])c4c3CCC4)ccc2OC)cc1F. The molecule has 0 amide bonds. The van der Waals surface area contributed by atoms with Crippen LogP contribution in [-0.4, -0.2) is 19.1 Å². The zero-order valence-electron chi connectivity index (χ0n) is 18.7. The fourth-order valence-corrected chi connectivity index (χ4v) is 4.17. The highest BCUT2D eigenvalue weighted by Crippen LogP contribution is 2.42. The maximum atomic E-state index is 14.0. The Balaban J connectivity index is 1.66.